The molecule has 0 aliphatic heterocycles. The number of aromatic nitrogens is 2. The lowest BCUT2D eigenvalue weighted by atomic mass is 10.1. The Morgan fingerprint density at radius 2 is 2.04 bits per heavy atom. The number of nitrogens with one attached hydrogen (secondary N) is 1. The Kier molecular flexibility index (Phi) is 5.05. The summed E-state index contributed by atoms with van der Waals surface area (Å²) in [7, 11) is 0. The molecule has 0 atom stereocenters. The molecule has 0 amide bonds. The largest absolute Gasteiger partial charge is 0.375 e. The van der Waals surface area contributed by atoms with Gasteiger partial charge in [0.15, 0.2) is 5.13 Å². The molecule has 2 heterocycles. The van der Waals surface area contributed by atoms with E-state index in [1.165, 1.54) is 22.7 Å². The van der Waals surface area contributed by atoms with Gasteiger partial charge >= 0.3 is 0 Å². The van der Waals surface area contributed by atoms with E-state index in [1.807, 2.05) is 25.3 Å². The van der Waals surface area contributed by atoms with Gasteiger partial charge in [0, 0.05) is 5.38 Å². The van der Waals surface area contributed by atoms with Crippen LogP contribution in [0.3, 0.4) is 0 Å². The Labute approximate surface area is 157 Å². The Morgan fingerprint density at radius 1 is 1.25 bits per heavy atom. The van der Waals surface area contributed by atoms with Gasteiger partial charge in [-0.3, -0.25) is 5.43 Å². The van der Waals surface area contributed by atoms with Gasteiger partial charge in [0.1, 0.15) is 0 Å². The van der Waals surface area contributed by atoms with Crippen LogP contribution in [0.25, 0.3) is 10.6 Å². The average Bonchev–Trinajstić information content (AvgIpc) is 3.13. The normalized spacial score (nSPS) is 11.8. The minimum atomic E-state index is 0.499. The summed E-state index contributed by atoms with van der Waals surface area (Å²) in [6, 6.07) is 5.39. The zero-order valence-electron chi connectivity index (χ0n) is 12.8. The van der Waals surface area contributed by atoms with Crippen molar-refractivity contribution in [2.24, 2.45) is 5.10 Å². The van der Waals surface area contributed by atoms with E-state index in [2.05, 4.69) is 20.5 Å². The number of hydrazone groups is 1. The van der Waals surface area contributed by atoms with Gasteiger partial charge in [-0.15, -0.1) is 11.3 Å². The molecule has 0 spiro atoms. The lowest BCUT2D eigenvalue weighted by Crippen LogP contribution is -1.99. The van der Waals surface area contributed by atoms with E-state index < -0.39 is 0 Å². The lowest BCUT2D eigenvalue weighted by Gasteiger charge is -2.03. The summed E-state index contributed by atoms with van der Waals surface area (Å²) in [5.41, 5.74) is 12.1. The molecule has 0 saturated heterocycles. The number of hydrogen-bond acceptors (Lipinski definition) is 7. The zero-order valence-corrected chi connectivity index (χ0v) is 15.9. The first-order valence-electron chi connectivity index (χ1n) is 6.88. The van der Waals surface area contributed by atoms with Crippen LogP contribution in [-0.4, -0.2) is 15.7 Å². The highest BCUT2D eigenvalue weighted by atomic mass is 35.5. The van der Waals surface area contributed by atoms with Crippen LogP contribution in [0.4, 0.5) is 10.3 Å². The van der Waals surface area contributed by atoms with E-state index in [0.717, 1.165) is 27.5 Å². The lowest BCUT2D eigenvalue weighted by molar-refractivity contribution is 1.25. The molecule has 0 unspecified atom stereocenters. The van der Waals surface area contributed by atoms with Crippen molar-refractivity contribution in [2.45, 2.75) is 13.8 Å². The molecular formula is C15H13Cl2N5S2. The van der Waals surface area contributed by atoms with Crippen molar-refractivity contribution in [3.05, 3.63) is 44.9 Å². The average molecular weight is 398 g/mol. The van der Waals surface area contributed by atoms with Crippen molar-refractivity contribution >= 4 is 61.9 Å². The Balaban J connectivity index is 1.77. The molecule has 0 aliphatic rings. The molecule has 0 fully saturated rings. The van der Waals surface area contributed by atoms with Crippen LogP contribution in [0.15, 0.2) is 28.7 Å². The Morgan fingerprint density at radius 3 is 2.71 bits per heavy atom. The predicted molar refractivity (Wildman–Crippen MR) is 105 cm³/mol. The molecule has 5 nitrogen and oxygen atoms in total. The minimum absolute atomic E-state index is 0.499. The van der Waals surface area contributed by atoms with Crippen molar-refractivity contribution in [2.75, 3.05) is 11.2 Å². The zero-order chi connectivity index (χ0) is 17.3. The maximum atomic E-state index is 6.03. The van der Waals surface area contributed by atoms with Gasteiger partial charge in [0.2, 0.25) is 5.13 Å². The smallest absolute Gasteiger partial charge is 0.203 e. The molecule has 0 aliphatic carbocycles. The second kappa shape index (κ2) is 7.06. The van der Waals surface area contributed by atoms with Crippen molar-refractivity contribution in [1.29, 1.82) is 0 Å². The minimum Gasteiger partial charge on any atom is -0.375 e. The molecule has 2 aromatic heterocycles. The third-order valence-corrected chi connectivity index (χ3v) is 5.70. The molecule has 3 rings (SSSR count). The number of halogens is 2. The number of rotatable bonds is 4. The Bertz CT molecular complexity index is 916. The molecule has 9 heteroatoms. The van der Waals surface area contributed by atoms with E-state index in [1.54, 1.807) is 12.1 Å². The number of nitrogen functional groups attached to an aromatic ring is 1. The van der Waals surface area contributed by atoms with Gasteiger partial charge < -0.3 is 5.73 Å². The first-order chi connectivity index (χ1) is 11.4. The summed E-state index contributed by atoms with van der Waals surface area (Å²) < 4.78 is 0. The molecule has 3 N–H and O–H groups in total. The van der Waals surface area contributed by atoms with E-state index in [4.69, 9.17) is 28.9 Å². The maximum Gasteiger partial charge on any atom is 0.203 e. The maximum absolute atomic E-state index is 6.03. The van der Waals surface area contributed by atoms with Crippen LogP contribution in [0.2, 0.25) is 10.0 Å². The predicted octanol–water partition coefficient (Wildman–Crippen LogP) is 5.30. The van der Waals surface area contributed by atoms with Crippen molar-refractivity contribution in [1.82, 2.24) is 9.97 Å². The van der Waals surface area contributed by atoms with Crippen molar-refractivity contribution < 1.29 is 0 Å². The van der Waals surface area contributed by atoms with Gasteiger partial charge in [-0.25, -0.2) is 9.97 Å². The van der Waals surface area contributed by atoms with Crippen LogP contribution in [0.5, 0.6) is 0 Å². The summed E-state index contributed by atoms with van der Waals surface area (Å²) in [4.78, 5) is 9.71. The molecule has 24 heavy (non-hydrogen) atoms. The van der Waals surface area contributed by atoms with Gasteiger partial charge in [-0.2, -0.15) is 5.10 Å². The SMILES string of the molecule is C/C(=N/Nc1nc(-c2sc(N)nc2C)cs1)c1ccc(Cl)c(Cl)c1. The fourth-order valence-electron chi connectivity index (χ4n) is 2.00. The summed E-state index contributed by atoms with van der Waals surface area (Å²) >= 11 is 14.8. The highest BCUT2D eigenvalue weighted by molar-refractivity contribution is 7.19. The van der Waals surface area contributed by atoms with E-state index in [-0.39, 0.29) is 0 Å². The number of hydrogen-bond donors (Lipinski definition) is 2. The fraction of sp³-hybridized carbons (Fsp3) is 0.133. The molecule has 124 valence electrons. The van der Waals surface area contributed by atoms with Crippen LogP contribution in [-0.2, 0) is 0 Å². The second-order valence-corrected chi connectivity index (χ2v) is 7.65. The van der Waals surface area contributed by atoms with Crippen LogP contribution < -0.4 is 11.2 Å². The van der Waals surface area contributed by atoms with Gasteiger partial charge in [0.05, 0.1) is 32.0 Å². The first kappa shape index (κ1) is 17.2. The highest BCUT2D eigenvalue weighted by Crippen LogP contribution is 2.33. The monoisotopic (exact) mass is 397 g/mol. The third-order valence-electron chi connectivity index (χ3n) is 3.21. The summed E-state index contributed by atoms with van der Waals surface area (Å²) in [5.74, 6) is 0. The highest BCUT2D eigenvalue weighted by Gasteiger charge is 2.11. The fourth-order valence-corrected chi connectivity index (χ4v) is 3.81. The molecular weight excluding hydrogens is 385 g/mol. The Hall–Kier alpha value is -1.67. The number of nitrogens with two attached hydrogens (primary N) is 1. The third kappa shape index (κ3) is 3.70. The first-order valence-corrected chi connectivity index (χ1v) is 9.34. The molecule has 0 saturated carbocycles. The molecule has 1 aromatic carbocycles. The molecule has 3 aromatic rings. The van der Waals surface area contributed by atoms with Gasteiger partial charge in [0.25, 0.3) is 0 Å². The number of benzene rings is 1. The van der Waals surface area contributed by atoms with Gasteiger partial charge in [-0.1, -0.05) is 40.6 Å². The summed E-state index contributed by atoms with van der Waals surface area (Å²) in [6.45, 7) is 3.80. The topological polar surface area (TPSA) is 76.2 Å². The number of nitrogens with zero attached hydrogens (tertiary/aromatic N) is 3. The second-order valence-electron chi connectivity index (χ2n) is 4.94. The summed E-state index contributed by atoms with van der Waals surface area (Å²) in [5, 5.41) is 8.54. The van der Waals surface area contributed by atoms with E-state index >= 15 is 0 Å². The molecule has 0 radical (unpaired) electrons. The summed E-state index contributed by atoms with van der Waals surface area (Å²) in [6.07, 6.45) is 0. The van der Waals surface area contributed by atoms with Crippen molar-refractivity contribution in [3.63, 3.8) is 0 Å². The van der Waals surface area contributed by atoms with Gasteiger partial charge in [-0.05, 0) is 31.5 Å². The van der Waals surface area contributed by atoms with Crippen LogP contribution >= 0.6 is 45.9 Å². The van der Waals surface area contributed by atoms with Crippen LogP contribution in [0, 0.1) is 6.92 Å². The van der Waals surface area contributed by atoms with Crippen molar-refractivity contribution in [3.8, 4) is 10.6 Å². The van der Waals surface area contributed by atoms with Crippen LogP contribution in [0.1, 0.15) is 18.2 Å². The number of aryl methyl sites for hydroxylation is 1. The number of thiazole rings is 2. The van der Waals surface area contributed by atoms with E-state index in [9.17, 15) is 0 Å². The standard InChI is InChI=1S/C15H13Cl2N5S2/c1-7(9-3-4-10(16)11(17)5-9)21-22-15-20-12(6-23-15)13-8(2)19-14(18)24-13/h3-6H,1-2H3,(H2,18,19)(H,20,22)/b21-7-. The molecule has 0 bridgehead atoms. The van der Waals surface area contributed by atoms with E-state index in [0.29, 0.717) is 20.3 Å². The number of anilines is 2. The quantitative estimate of drug-likeness (QED) is 0.462.